The van der Waals surface area contributed by atoms with Crippen molar-refractivity contribution in [3.63, 3.8) is 0 Å². The van der Waals surface area contributed by atoms with Gasteiger partial charge < -0.3 is 9.64 Å². The molecular weight excluding hydrogens is 250 g/mol. The van der Waals surface area contributed by atoms with Gasteiger partial charge in [-0.2, -0.15) is 0 Å². The third-order valence-electron chi connectivity index (χ3n) is 2.92. The Morgan fingerprint density at radius 2 is 1.55 bits per heavy atom. The Balaban J connectivity index is 2.05. The number of benzene rings is 2. The van der Waals surface area contributed by atoms with E-state index in [0.29, 0.717) is 5.75 Å². The van der Waals surface area contributed by atoms with Crippen LogP contribution in [0.4, 0.5) is 5.69 Å². The average Bonchev–Trinajstić information content (AvgIpc) is 2.47. The number of carbonyl (C=O) groups is 1. The number of anilines is 1. The molecule has 3 nitrogen and oxygen atoms in total. The average molecular weight is 269 g/mol. The maximum atomic E-state index is 12.4. The second-order valence-electron chi connectivity index (χ2n) is 4.79. The van der Waals surface area contributed by atoms with Crippen LogP contribution in [0.3, 0.4) is 0 Å². The SMILES string of the molecule is CC(C)N(C(=O)COc1ccccc1)c1ccccc1. The molecule has 104 valence electrons. The van der Waals surface area contributed by atoms with E-state index in [2.05, 4.69) is 0 Å². The largest absolute Gasteiger partial charge is 0.484 e. The molecule has 0 spiro atoms. The molecule has 20 heavy (non-hydrogen) atoms. The molecular formula is C17H19NO2. The van der Waals surface area contributed by atoms with Gasteiger partial charge in [0.05, 0.1) is 0 Å². The maximum absolute atomic E-state index is 12.4. The van der Waals surface area contributed by atoms with Gasteiger partial charge in [0.25, 0.3) is 5.91 Å². The Morgan fingerprint density at radius 1 is 1.00 bits per heavy atom. The summed E-state index contributed by atoms with van der Waals surface area (Å²) in [5.74, 6) is 0.660. The summed E-state index contributed by atoms with van der Waals surface area (Å²) in [6.07, 6.45) is 0. The summed E-state index contributed by atoms with van der Waals surface area (Å²) in [4.78, 5) is 14.1. The molecule has 0 N–H and O–H groups in total. The Kier molecular flexibility index (Phi) is 4.77. The van der Waals surface area contributed by atoms with Gasteiger partial charge in [-0.1, -0.05) is 36.4 Å². The molecule has 0 saturated carbocycles. The molecule has 0 bridgehead atoms. The number of nitrogens with zero attached hydrogens (tertiary/aromatic N) is 1. The van der Waals surface area contributed by atoms with E-state index in [4.69, 9.17) is 4.74 Å². The summed E-state index contributed by atoms with van der Waals surface area (Å²) in [6, 6.07) is 19.1. The minimum atomic E-state index is -0.0462. The van der Waals surface area contributed by atoms with Crippen molar-refractivity contribution in [1.29, 1.82) is 0 Å². The molecule has 2 aromatic carbocycles. The fraction of sp³-hybridized carbons (Fsp3) is 0.235. The summed E-state index contributed by atoms with van der Waals surface area (Å²) in [5.41, 5.74) is 0.893. The summed E-state index contributed by atoms with van der Waals surface area (Å²) in [7, 11) is 0. The Hall–Kier alpha value is -2.29. The predicted octanol–water partition coefficient (Wildman–Crippen LogP) is 3.51. The highest BCUT2D eigenvalue weighted by Gasteiger charge is 2.19. The monoisotopic (exact) mass is 269 g/mol. The molecule has 0 unspecified atom stereocenters. The lowest BCUT2D eigenvalue weighted by Crippen LogP contribution is -2.40. The summed E-state index contributed by atoms with van der Waals surface area (Å²) < 4.78 is 5.53. The van der Waals surface area contributed by atoms with Crippen molar-refractivity contribution in [1.82, 2.24) is 0 Å². The second-order valence-corrected chi connectivity index (χ2v) is 4.79. The molecule has 2 rings (SSSR count). The number of para-hydroxylation sites is 2. The molecule has 0 aliphatic heterocycles. The molecule has 0 fully saturated rings. The number of ether oxygens (including phenoxy) is 1. The van der Waals surface area contributed by atoms with Crippen LogP contribution in [0.25, 0.3) is 0 Å². The zero-order chi connectivity index (χ0) is 14.4. The van der Waals surface area contributed by atoms with E-state index < -0.39 is 0 Å². The third kappa shape index (κ3) is 3.60. The van der Waals surface area contributed by atoms with Crippen LogP contribution in [0, 0.1) is 0 Å². The first-order valence-electron chi connectivity index (χ1n) is 6.73. The molecule has 0 atom stereocenters. The van der Waals surface area contributed by atoms with E-state index in [0.717, 1.165) is 5.69 Å². The van der Waals surface area contributed by atoms with Crippen LogP contribution < -0.4 is 9.64 Å². The van der Waals surface area contributed by atoms with E-state index in [1.165, 1.54) is 0 Å². The zero-order valence-electron chi connectivity index (χ0n) is 11.8. The smallest absolute Gasteiger partial charge is 0.265 e. The van der Waals surface area contributed by atoms with E-state index in [9.17, 15) is 4.79 Å². The fourth-order valence-electron chi connectivity index (χ4n) is 2.05. The molecule has 0 aliphatic rings. The van der Waals surface area contributed by atoms with Gasteiger partial charge in [0.1, 0.15) is 5.75 Å². The molecule has 0 aliphatic carbocycles. The van der Waals surface area contributed by atoms with Crippen LogP contribution in [-0.2, 0) is 4.79 Å². The quantitative estimate of drug-likeness (QED) is 0.831. The molecule has 1 amide bonds. The molecule has 0 saturated heterocycles. The van der Waals surface area contributed by atoms with E-state index >= 15 is 0 Å². The van der Waals surface area contributed by atoms with Gasteiger partial charge in [-0.3, -0.25) is 4.79 Å². The van der Waals surface area contributed by atoms with Gasteiger partial charge in [0.15, 0.2) is 6.61 Å². The number of hydrogen-bond donors (Lipinski definition) is 0. The van der Waals surface area contributed by atoms with Crippen molar-refractivity contribution in [2.75, 3.05) is 11.5 Å². The topological polar surface area (TPSA) is 29.5 Å². The van der Waals surface area contributed by atoms with Gasteiger partial charge in [-0.15, -0.1) is 0 Å². The van der Waals surface area contributed by atoms with Crippen LogP contribution in [-0.4, -0.2) is 18.6 Å². The standard InChI is InChI=1S/C17H19NO2/c1-14(2)18(15-9-5-3-6-10-15)17(19)13-20-16-11-7-4-8-12-16/h3-12,14H,13H2,1-2H3. The number of carbonyl (C=O) groups excluding carboxylic acids is 1. The number of rotatable bonds is 5. The summed E-state index contributed by atoms with van der Waals surface area (Å²) in [6.45, 7) is 4.03. The summed E-state index contributed by atoms with van der Waals surface area (Å²) in [5, 5.41) is 0. The van der Waals surface area contributed by atoms with Crippen molar-refractivity contribution < 1.29 is 9.53 Å². The van der Waals surface area contributed by atoms with Crippen molar-refractivity contribution in [3.05, 3.63) is 60.7 Å². The normalized spacial score (nSPS) is 10.3. The highest BCUT2D eigenvalue weighted by Crippen LogP contribution is 2.17. The molecule has 0 radical (unpaired) electrons. The highest BCUT2D eigenvalue weighted by molar-refractivity contribution is 5.94. The first-order valence-corrected chi connectivity index (χ1v) is 6.73. The van der Waals surface area contributed by atoms with Crippen molar-refractivity contribution in [2.24, 2.45) is 0 Å². The van der Waals surface area contributed by atoms with E-state index in [-0.39, 0.29) is 18.6 Å². The minimum absolute atomic E-state index is 0.0388. The molecule has 2 aromatic rings. The minimum Gasteiger partial charge on any atom is -0.484 e. The van der Waals surface area contributed by atoms with Crippen molar-refractivity contribution in [2.45, 2.75) is 19.9 Å². The van der Waals surface area contributed by atoms with Crippen LogP contribution in [0.15, 0.2) is 60.7 Å². The van der Waals surface area contributed by atoms with Gasteiger partial charge >= 0.3 is 0 Å². The zero-order valence-corrected chi connectivity index (χ0v) is 11.8. The lowest BCUT2D eigenvalue weighted by molar-refractivity contribution is -0.120. The van der Waals surface area contributed by atoms with Crippen molar-refractivity contribution in [3.8, 4) is 5.75 Å². The third-order valence-corrected chi connectivity index (χ3v) is 2.92. The second kappa shape index (κ2) is 6.75. The van der Waals surface area contributed by atoms with E-state index in [1.54, 1.807) is 4.90 Å². The molecule has 0 heterocycles. The lowest BCUT2D eigenvalue weighted by atomic mass is 10.2. The predicted molar refractivity (Wildman–Crippen MR) is 81.0 cm³/mol. The number of hydrogen-bond acceptors (Lipinski definition) is 2. The Bertz CT molecular complexity index is 537. The molecule has 3 heteroatoms. The fourth-order valence-corrected chi connectivity index (χ4v) is 2.05. The van der Waals surface area contributed by atoms with Crippen LogP contribution in [0.5, 0.6) is 5.75 Å². The Morgan fingerprint density at radius 3 is 2.10 bits per heavy atom. The molecule has 0 aromatic heterocycles. The van der Waals surface area contributed by atoms with Gasteiger partial charge in [0, 0.05) is 11.7 Å². The highest BCUT2D eigenvalue weighted by atomic mass is 16.5. The van der Waals surface area contributed by atoms with Gasteiger partial charge in [-0.05, 0) is 38.1 Å². The summed E-state index contributed by atoms with van der Waals surface area (Å²) >= 11 is 0. The maximum Gasteiger partial charge on any atom is 0.265 e. The van der Waals surface area contributed by atoms with Gasteiger partial charge in [-0.25, -0.2) is 0 Å². The van der Waals surface area contributed by atoms with E-state index in [1.807, 2.05) is 74.5 Å². The van der Waals surface area contributed by atoms with Crippen LogP contribution in [0.2, 0.25) is 0 Å². The van der Waals surface area contributed by atoms with Gasteiger partial charge in [0.2, 0.25) is 0 Å². The first kappa shape index (κ1) is 14.1. The van der Waals surface area contributed by atoms with Crippen LogP contribution in [0.1, 0.15) is 13.8 Å². The number of amides is 1. The first-order chi connectivity index (χ1) is 9.68. The Labute approximate surface area is 119 Å². The lowest BCUT2D eigenvalue weighted by Gasteiger charge is -2.26. The van der Waals surface area contributed by atoms with Crippen molar-refractivity contribution >= 4 is 11.6 Å². The van der Waals surface area contributed by atoms with Crippen LogP contribution >= 0.6 is 0 Å².